The Kier molecular flexibility index (Phi) is 3.08. The third-order valence-electron chi connectivity index (χ3n) is 2.72. The first-order valence-electron chi connectivity index (χ1n) is 5.16. The maximum atomic E-state index is 9.12. The minimum atomic E-state index is -0.125. The Morgan fingerprint density at radius 2 is 2.35 bits per heavy atom. The smallest absolute Gasteiger partial charge is 0.205 e. The van der Waals surface area contributed by atoms with Gasteiger partial charge in [-0.25, -0.2) is 0 Å². The summed E-state index contributed by atoms with van der Waals surface area (Å²) in [6.45, 7) is 3.70. The average molecular weight is 247 g/mol. The highest BCUT2D eigenvalue weighted by Crippen LogP contribution is 2.43. The van der Waals surface area contributed by atoms with Crippen LogP contribution in [0.4, 0.5) is 0 Å². The standard InChI is InChI=1S/C13H11ClN2O/c1-2-4-8-9-5-3-6-11(14)12(9)17-13(16)10(8)7-15/h2-3,5-6,8H,1,4,16H2. The van der Waals surface area contributed by atoms with Crippen LogP contribution >= 0.6 is 11.6 Å². The van der Waals surface area contributed by atoms with Crippen LogP contribution in [-0.2, 0) is 0 Å². The van der Waals surface area contributed by atoms with Crippen LogP contribution in [0.5, 0.6) is 5.75 Å². The van der Waals surface area contributed by atoms with Crippen LogP contribution in [0, 0.1) is 11.3 Å². The number of nitriles is 1. The third-order valence-corrected chi connectivity index (χ3v) is 3.02. The number of para-hydroxylation sites is 1. The first-order chi connectivity index (χ1) is 8.19. The Bertz CT molecular complexity index is 543. The quantitative estimate of drug-likeness (QED) is 0.816. The van der Waals surface area contributed by atoms with Crippen LogP contribution in [-0.4, -0.2) is 0 Å². The van der Waals surface area contributed by atoms with Crippen molar-refractivity contribution in [2.24, 2.45) is 5.73 Å². The number of halogens is 1. The van der Waals surface area contributed by atoms with Gasteiger partial charge in [-0.05, 0) is 12.5 Å². The lowest BCUT2D eigenvalue weighted by Crippen LogP contribution is -2.20. The van der Waals surface area contributed by atoms with Crippen molar-refractivity contribution in [2.45, 2.75) is 12.3 Å². The van der Waals surface area contributed by atoms with Gasteiger partial charge in [0.1, 0.15) is 6.07 Å². The molecule has 1 atom stereocenters. The molecule has 0 aromatic heterocycles. The lowest BCUT2D eigenvalue weighted by atomic mass is 9.87. The molecule has 0 radical (unpaired) electrons. The van der Waals surface area contributed by atoms with Crippen LogP contribution in [0.25, 0.3) is 0 Å². The zero-order valence-corrected chi connectivity index (χ0v) is 9.87. The number of hydrogen-bond acceptors (Lipinski definition) is 3. The van der Waals surface area contributed by atoms with E-state index in [4.69, 9.17) is 27.3 Å². The summed E-state index contributed by atoms with van der Waals surface area (Å²) in [6.07, 6.45) is 2.38. The number of allylic oxidation sites excluding steroid dienone is 2. The number of ether oxygens (including phenoxy) is 1. The van der Waals surface area contributed by atoms with E-state index in [1.807, 2.05) is 12.1 Å². The van der Waals surface area contributed by atoms with Crippen molar-refractivity contribution in [2.75, 3.05) is 0 Å². The van der Waals surface area contributed by atoms with Gasteiger partial charge in [0.2, 0.25) is 5.88 Å². The van der Waals surface area contributed by atoms with Gasteiger partial charge in [0.25, 0.3) is 0 Å². The Labute approximate surface area is 105 Å². The zero-order chi connectivity index (χ0) is 12.4. The van der Waals surface area contributed by atoms with Crippen molar-refractivity contribution in [3.8, 4) is 11.8 Å². The van der Waals surface area contributed by atoms with Crippen molar-refractivity contribution in [1.29, 1.82) is 5.26 Å². The monoisotopic (exact) mass is 246 g/mol. The molecule has 1 aromatic carbocycles. The molecular weight excluding hydrogens is 236 g/mol. The molecule has 0 saturated heterocycles. The van der Waals surface area contributed by atoms with Gasteiger partial charge in [-0.3, -0.25) is 0 Å². The van der Waals surface area contributed by atoms with Crippen molar-refractivity contribution < 1.29 is 4.74 Å². The summed E-state index contributed by atoms with van der Waals surface area (Å²) in [5.74, 6) is 0.539. The van der Waals surface area contributed by atoms with Crippen molar-refractivity contribution in [3.63, 3.8) is 0 Å². The first kappa shape index (κ1) is 11.6. The second-order valence-corrected chi connectivity index (χ2v) is 4.13. The summed E-state index contributed by atoms with van der Waals surface area (Å²) in [6, 6.07) is 7.54. The maximum absolute atomic E-state index is 9.12. The van der Waals surface area contributed by atoms with Crippen LogP contribution in [0.3, 0.4) is 0 Å². The summed E-state index contributed by atoms with van der Waals surface area (Å²) in [4.78, 5) is 0. The number of benzene rings is 1. The van der Waals surface area contributed by atoms with Crippen LogP contribution in [0.15, 0.2) is 42.3 Å². The molecule has 0 saturated carbocycles. The summed E-state index contributed by atoms with van der Waals surface area (Å²) >= 11 is 6.05. The fraction of sp³-hybridized carbons (Fsp3) is 0.154. The highest BCUT2D eigenvalue weighted by atomic mass is 35.5. The van der Waals surface area contributed by atoms with E-state index in [2.05, 4.69) is 12.6 Å². The Morgan fingerprint density at radius 1 is 1.59 bits per heavy atom. The fourth-order valence-electron chi connectivity index (χ4n) is 1.94. The van der Waals surface area contributed by atoms with E-state index in [0.717, 1.165) is 5.56 Å². The first-order valence-corrected chi connectivity index (χ1v) is 5.53. The van der Waals surface area contributed by atoms with Gasteiger partial charge in [-0.15, -0.1) is 6.58 Å². The van der Waals surface area contributed by atoms with Crippen molar-refractivity contribution >= 4 is 11.6 Å². The molecule has 1 aliphatic heterocycles. The second kappa shape index (κ2) is 4.52. The average Bonchev–Trinajstić information content (AvgIpc) is 2.31. The summed E-state index contributed by atoms with van der Waals surface area (Å²) in [5, 5.41) is 9.61. The molecule has 0 bridgehead atoms. The maximum Gasteiger partial charge on any atom is 0.205 e. The van der Waals surface area contributed by atoms with Gasteiger partial charge in [0, 0.05) is 11.5 Å². The van der Waals surface area contributed by atoms with Gasteiger partial charge in [0.15, 0.2) is 5.75 Å². The molecule has 3 nitrogen and oxygen atoms in total. The van der Waals surface area contributed by atoms with E-state index in [1.54, 1.807) is 12.1 Å². The lowest BCUT2D eigenvalue weighted by molar-refractivity contribution is 0.388. The van der Waals surface area contributed by atoms with E-state index in [0.29, 0.717) is 22.8 Å². The molecule has 0 spiro atoms. The van der Waals surface area contributed by atoms with Gasteiger partial charge >= 0.3 is 0 Å². The topological polar surface area (TPSA) is 59.0 Å². The highest BCUT2D eigenvalue weighted by Gasteiger charge is 2.29. The lowest BCUT2D eigenvalue weighted by Gasteiger charge is -2.25. The molecule has 1 aromatic rings. The van der Waals surface area contributed by atoms with E-state index in [1.165, 1.54) is 0 Å². The van der Waals surface area contributed by atoms with Gasteiger partial charge in [-0.2, -0.15) is 5.26 Å². The molecule has 17 heavy (non-hydrogen) atoms. The fourth-order valence-corrected chi connectivity index (χ4v) is 2.16. The van der Waals surface area contributed by atoms with Crippen molar-refractivity contribution in [1.82, 2.24) is 0 Å². The highest BCUT2D eigenvalue weighted by molar-refractivity contribution is 6.32. The zero-order valence-electron chi connectivity index (χ0n) is 9.11. The molecule has 2 rings (SSSR count). The third kappa shape index (κ3) is 1.88. The van der Waals surface area contributed by atoms with Gasteiger partial charge in [0.05, 0.1) is 10.6 Å². The minimum absolute atomic E-state index is 0.125. The van der Waals surface area contributed by atoms with Gasteiger partial charge < -0.3 is 10.5 Å². The van der Waals surface area contributed by atoms with Crippen LogP contribution < -0.4 is 10.5 Å². The molecule has 0 fully saturated rings. The molecule has 1 heterocycles. The molecule has 0 amide bonds. The summed E-state index contributed by atoms with van der Waals surface area (Å²) in [5.41, 5.74) is 7.04. The Balaban J connectivity index is 2.60. The molecule has 0 aliphatic carbocycles. The summed E-state index contributed by atoms with van der Waals surface area (Å²) in [7, 11) is 0. The number of nitrogens with two attached hydrogens (primary N) is 1. The van der Waals surface area contributed by atoms with Crippen LogP contribution in [0.1, 0.15) is 17.9 Å². The Hall–Kier alpha value is -1.92. The van der Waals surface area contributed by atoms with E-state index < -0.39 is 0 Å². The van der Waals surface area contributed by atoms with Crippen molar-refractivity contribution in [3.05, 3.63) is 52.9 Å². The predicted molar refractivity (Wildman–Crippen MR) is 66.5 cm³/mol. The summed E-state index contributed by atoms with van der Waals surface area (Å²) < 4.78 is 5.41. The number of rotatable bonds is 2. The van der Waals surface area contributed by atoms with Gasteiger partial charge in [-0.1, -0.05) is 29.8 Å². The second-order valence-electron chi connectivity index (χ2n) is 3.73. The minimum Gasteiger partial charge on any atom is -0.439 e. The molecular formula is C13H11ClN2O. The molecule has 86 valence electrons. The Morgan fingerprint density at radius 3 is 3.00 bits per heavy atom. The SMILES string of the molecule is C=CCC1C(C#N)=C(N)Oc2c(Cl)cccc21. The number of fused-ring (bicyclic) bond motifs is 1. The number of hydrogen-bond donors (Lipinski definition) is 1. The molecule has 1 aliphatic rings. The molecule has 4 heteroatoms. The number of nitrogens with zero attached hydrogens (tertiary/aromatic N) is 1. The largest absolute Gasteiger partial charge is 0.439 e. The van der Waals surface area contributed by atoms with E-state index >= 15 is 0 Å². The molecule has 2 N–H and O–H groups in total. The van der Waals surface area contributed by atoms with Crippen LogP contribution in [0.2, 0.25) is 5.02 Å². The van der Waals surface area contributed by atoms with E-state index in [-0.39, 0.29) is 11.8 Å². The molecule has 1 unspecified atom stereocenters. The normalized spacial score (nSPS) is 18.0. The predicted octanol–water partition coefficient (Wildman–Crippen LogP) is 3.09. The van der Waals surface area contributed by atoms with E-state index in [9.17, 15) is 0 Å².